The van der Waals surface area contributed by atoms with Gasteiger partial charge in [-0.3, -0.25) is 0 Å². The largest absolute Gasteiger partial charge is 0.307 e. The van der Waals surface area contributed by atoms with Gasteiger partial charge in [-0.25, -0.2) is 0 Å². The van der Waals surface area contributed by atoms with Crippen LogP contribution in [0.1, 0.15) is 5.56 Å². The van der Waals surface area contributed by atoms with Crippen LogP contribution in [-0.2, 0) is 0 Å². The summed E-state index contributed by atoms with van der Waals surface area (Å²) in [7, 11) is 0. The molecular weight excluding hydrogens is 645 g/mol. The van der Waals surface area contributed by atoms with E-state index in [1.807, 2.05) is 12.1 Å². The summed E-state index contributed by atoms with van der Waals surface area (Å²) >= 11 is 0. The molecule has 0 fully saturated rings. The molecule has 0 radical (unpaired) electrons. The lowest BCUT2D eigenvalue weighted by atomic mass is 10.0. The number of nitriles is 1. The van der Waals surface area contributed by atoms with Crippen LogP contribution in [-0.4, -0.2) is 13.7 Å². The minimum Gasteiger partial charge on any atom is -0.307 e. The molecule has 0 N–H and O–H groups in total. The van der Waals surface area contributed by atoms with Crippen molar-refractivity contribution in [3.63, 3.8) is 0 Å². The third-order valence-corrected chi connectivity index (χ3v) is 10.9. The Morgan fingerprint density at radius 1 is 0.321 bits per heavy atom. The molecule has 4 heteroatoms. The molecule has 4 nitrogen and oxygen atoms in total. The molecule has 246 valence electrons. The van der Waals surface area contributed by atoms with Crippen molar-refractivity contribution in [2.45, 2.75) is 0 Å². The lowest BCUT2D eigenvalue weighted by molar-refractivity contribution is 1.05. The predicted molar refractivity (Wildman–Crippen MR) is 220 cm³/mol. The summed E-state index contributed by atoms with van der Waals surface area (Å²) in [6, 6.07) is 67.4. The van der Waals surface area contributed by atoms with Crippen molar-refractivity contribution in [3.05, 3.63) is 188 Å². The highest BCUT2D eigenvalue weighted by Gasteiger charge is 2.25. The van der Waals surface area contributed by atoms with Gasteiger partial charge in [-0.05, 0) is 71.8 Å². The number of nitrogens with zero attached hydrogens (tertiary/aromatic N) is 4. The molecular formula is C49H30N4. The quantitative estimate of drug-likeness (QED) is 0.183. The van der Waals surface area contributed by atoms with Crippen LogP contribution in [0.25, 0.3) is 93.6 Å². The first kappa shape index (κ1) is 29.4. The third kappa shape index (κ3) is 4.22. The fourth-order valence-electron chi connectivity index (χ4n) is 8.61. The summed E-state index contributed by atoms with van der Waals surface area (Å²) in [6.07, 6.45) is 0. The van der Waals surface area contributed by atoms with E-state index in [-0.39, 0.29) is 0 Å². The van der Waals surface area contributed by atoms with Crippen LogP contribution in [0.3, 0.4) is 0 Å². The molecule has 0 atom stereocenters. The number of rotatable bonds is 4. The first-order chi connectivity index (χ1) is 26.3. The number of hydrogen-bond donors (Lipinski definition) is 0. The first-order valence-electron chi connectivity index (χ1n) is 17.9. The fraction of sp³-hybridized carbons (Fsp3) is 0. The summed E-state index contributed by atoms with van der Waals surface area (Å²) < 4.78 is 7.38. The average Bonchev–Trinajstić information content (AvgIpc) is 3.86. The maximum Gasteiger partial charge on any atom is 0.0991 e. The zero-order chi connectivity index (χ0) is 35.0. The molecule has 8 aromatic carbocycles. The summed E-state index contributed by atoms with van der Waals surface area (Å²) in [5, 5.41) is 16.9. The highest BCUT2D eigenvalue weighted by atomic mass is 15.1. The van der Waals surface area contributed by atoms with Gasteiger partial charge in [0.1, 0.15) is 0 Å². The van der Waals surface area contributed by atoms with E-state index in [4.69, 9.17) is 0 Å². The van der Waals surface area contributed by atoms with Crippen molar-refractivity contribution in [1.29, 1.82) is 5.26 Å². The van der Waals surface area contributed by atoms with Crippen molar-refractivity contribution in [1.82, 2.24) is 13.7 Å². The molecule has 53 heavy (non-hydrogen) atoms. The fourth-order valence-corrected chi connectivity index (χ4v) is 8.61. The monoisotopic (exact) mass is 674 g/mol. The Labute approximate surface area is 305 Å². The Morgan fingerprint density at radius 2 is 0.623 bits per heavy atom. The van der Waals surface area contributed by atoms with E-state index >= 15 is 0 Å². The van der Waals surface area contributed by atoms with Gasteiger partial charge >= 0.3 is 0 Å². The number of benzene rings is 8. The van der Waals surface area contributed by atoms with E-state index < -0.39 is 0 Å². The van der Waals surface area contributed by atoms with Crippen LogP contribution in [0.15, 0.2) is 182 Å². The molecule has 11 rings (SSSR count). The average molecular weight is 675 g/mol. The van der Waals surface area contributed by atoms with Crippen LogP contribution in [0, 0.1) is 11.3 Å². The third-order valence-electron chi connectivity index (χ3n) is 10.9. The van der Waals surface area contributed by atoms with E-state index in [1.165, 1.54) is 32.3 Å². The lowest BCUT2D eigenvalue weighted by Crippen LogP contribution is -2.10. The zero-order valence-electron chi connectivity index (χ0n) is 28.6. The maximum atomic E-state index is 9.70. The van der Waals surface area contributed by atoms with E-state index in [0.717, 1.165) is 61.3 Å². The van der Waals surface area contributed by atoms with E-state index in [0.29, 0.717) is 5.56 Å². The molecule has 0 amide bonds. The van der Waals surface area contributed by atoms with Gasteiger partial charge in [0.2, 0.25) is 0 Å². The van der Waals surface area contributed by atoms with Gasteiger partial charge in [0.05, 0.1) is 61.8 Å². The highest BCUT2D eigenvalue weighted by Crippen LogP contribution is 2.44. The minimum absolute atomic E-state index is 0.640. The molecule has 0 aliphatic rings. The second kappa shape index (κ2) is 11.3. The molecule has 11 aromatic rings. The molecule has 0 saturated carbocycles. The van der Waals surface area contributed by atoms with Gasteiger partial charge in [-0.2, -0.15) is 5.26 Å². The van der Waals surface area contributed by atoms with Crippen LogP contribution in [0.4, 0.5) is 0 Å². The van der Waals surface area contributed by atoms with Crippen molar-refractivity contribution < 1.29 is 0 Å². The number of para-hydroxylation sites is 6. The van der Waals surface area contributed by atoms with Crippen LogP contribution in [0.2, 0.25) is 0 Å². The Kier molecular flexibility index (Phi) is 6.28. The van der Waals surface area contributed by atoms with Crippen molar-refractivity contribution >= 4 is 65.4 Å². The van der Waals surface area contributed by atoms with E-state index in [1.54, 1.807) is 0 Å². The summed E-state index contributed by atoms with van der Waals surface area (Å²) in [5.41, 5.74) is 12.8. The molecule has 0 aliphatic heterocycles. The summed E-state index contributed by atoms with van der Waals surface area (Å²) in [6.45, 7) is 0. The van der Waals surface area contributed by atoms with Gasteiger partial charge in [-0.1, -0.05) is 121 Å². The molecule has 0 unspecified atom stereocenters. The minimum atomic E-state index is 0.640. The Bertz CT molecular complexity index is 3000. The van der Waals surface area contributed by atoms with Gasteiger partial charge in [0.15, 0.2) is 0 Å². The van der Waals surface area contributed by atoms with Crippen molar-refractivity contribution in [2.24, 2.45) is 0 Å². The summed E-state index contributed by atoms with van der Waals surface area (Å²) in [4.78, 5) is 0. The molecule has 0 aliphatic carbocycles. The zero-order valence-corrected chi connectivity index (χ0v) is 28.6. The molecule has 3 heterocycles. The Hall–Kier alpha value is -7.35. The topological polar surface area (TPSA) is 38.6 Å². The Morgan fingerprint density at radius 3 is 0.943 bits per heavy atom. The van der Waals surface area contributed by atoms with Gasteiger partial charge in [-0.15, -0.1) is 0 Å². The van der Waals surface area contributed by atoms with Gasteiger partial charge < -0.3 is 13.7 Å². The normalized spacial score (nSPS) is 11.8. The lowest BCUT2D eigenvalue weighted by Gasteiger charge is -2.23. The first-order valence-corrected chi connectivity index (χ1v) is 17.9. The van der Waals surface area contributed by atoms with Gasteiger partial charge in [0, 0.05) is 32.3 Å². The van der Waals surface area contributed by atoms with Crippen LogP contribution in [0.5, 0.6) is 0 Å². The highest BCUT2D eigenvalue weighted by molar-refractivity contribution is 6.13. The summed E-state index contributed by atoms with van der Waals surface area (Å²) in [5.74, 6) is 0. The van der Waals surface area contributed by atoms with Crippen LogP contribution >= 0.6 is 0 Å². The van der Waals surface area contributed by atoms with Crippen LogP contribution < -0.4 is 0 Å². The second-order valence-corrected chi connectivity index (χ2v) is 13.7. The molecule has 0 spiro atoms. The van der Waals surface area contributed by atoms with Gasteiger partial charge in [0.25, 0.3) is 0 Å². The Balaban J connectivity index is 1.42. The van der Waals surface area contributed by atoms with Crippen molar-refractivity contribution in [3.8, 4) is 34.3 Å². The standard InChI is InChI=1S/C49H30N4/c50-31-32-25-27-33(28-26-32)34-29-47(51-41-19-7-1-13-35(41)36-14-2-8-20-42(36)51)49(53-45-23-11-5-17-39(45)40-18-6-12-24-46(40)53)48(30-34)52-43-21-9-3-15-37(43)38-16-4-10-22-44(38)52/h1-30H. The number of aromatic nitrogens is 3. The predicted octanol–water partition coefficient (Wildman–Crippen LogP) is 12.5. The second-order valence-electron chi connectivity index (χ2n) is 13.7. The SMILES string of the molecule is N#Cc1ccc(-c2cc(-n3c4ccccc4c4ccccc43)c(-n3c4ccccc4c4ccccc43)c(-n3c4ccccc4c4ccccc43)c2)cc1. The molecule has 0 bridgehead atoms. The molecule has 3 aromatic heterocycles. The number of fused-ring (bicyclic) bond motifs is 9. The molecule has 0 saturated heterocycles. The number of hydrogen-bond acceptors (Lipinski definition) is 1. The maximum absolute atomic E-state index is 9.70. The van der Waals surface area contributed by atoms with E-state index in [2.05, 4.69) is 190 Å². The van der Waals surface area contributed by atoms with E-state index in [9.17, 15) is 5.26 Å². The van der Waals surface area contributed by atoms with Crippen molar-refractivity contribution in [2.75, 3.05) is 0 Å². The smallest absolute Gasteiger partial charge is 0.0991 e.